The third kappa shape index (κ3) is 4.06. The summed E-state index contributed by atoms with van der Waals surface area (Å²) in [5.41, 5.74) is 0. The lowest BCUT2D eigenvalue weighted by Crippen LogP contribution is -2.38. The summed E-state index contributed by atoms with van der Waals surface area (Å²) in [4.78, 5) is 0. The molecule has 2 atom stereocenters. The molecule has 1 nitrogen and oxygen atoms in total. The van der Waals surface area contributed by atoms with E-state index in [1.807, 2.05) is 6.92 Å². The number of rotatable bonds is 4. The maximum absolute atomic E-state index is 5.26. The molecule has 0 heterocycles. The van der Waals surface area contributed by atoms with Crippen molar-refractivity contribution in [1.29, 1.82) is 0 Å². The normalized spacial score (nSPS) is 16.0. The fraction of sp³-hybridized carbons (Fsp3) is 0.800. The summed E-state index contributed by atoms with van der Waals surface area (Å²) in [5.74, 6) is 3.34. The molecule has 0 aromatic carbocycles. The second-order valence-electron chi connectivity index (χ2n) is 3.31. The van der Waals surface area contributed by atoms with Crippen LogP contribution in [0.5, 0.6) is 0 Å². The Labute approximate surface area is 70.6 Å². The molecule has 1 N–H and O–H groups in total. The van der Waals surface area contributed by atoms with Gasteiger partial charge in [0.1, 0.15) is 0 Å². The van der Waals surface area contributed by atoms with Gasteiger partial charge in [0.2, 0.25) is 0 Å². The van der Waals surface area contributed by atoms with Crippen molar-refractivity contribution >= 4 is 0 Å². The van der Waals surface area contributed by atoms with Crippen LogP contribution in [0.1, 0.15) is 34.1 Å². The highest BCUT2D eigenvalue weighted by atomic mass is 14.9. The van der Waals surface area contributed by atoms with Gasteiger partial charge in [-0.05, 0) is 19.3 Å². The summed E-state index contributed by atoms with van der Waals surface area (Å²) in [5, 5.41) is 3.38. The molecule has 0 fully saturated rings. The summed E-state index contributed by atoms with van der Waals surface area (Å²) in [7, 11) is 0. The lowest BCUT2D eigenvalue weighted by Gasteiger charge is -2.22. The Balaban J connectivity index is 3.80. The van der Waals surface area contributed by atoms with Crippen LogP contribution in [0.4, 0.5) is 0 Å². The van der Waals surface area contributed by atoms with Gasteiger partial charge in [0.05, 0.1) is 6.04 Å². The molecule has 0 aliphatic rings. The Hall–Kier alpha value is -0.480. The van der Waals surface area contributed by atoms with Crippen LogP contribution in [-0.2, 0) is 0 Å². The van der Waals surface area contributed by atoms with Gasteiger partial charge < -0.3 is 5.32 Å². The second kappa shape index (κ2) is 5.21. The first-order valence-electron chi connectivity index (χ1n) is 4.34. The molecule has 0 saturated carbocycles. The standard InChI is InChI=1S/C10H19N/c1-6-9(5)11-10(7-2)8(3)4/h1,8-11H,7H2,2-5H3. The molecule has 0 aromatic heterocycles. The van der Waals surface area contributed by atoms with Crippen LogP contribution < -0.4 is 5.32 Å². The second-order valence-corrected chi connectivity index (χ2v) is 3.31. The molecule has 0 aliphatic carbocycles. The van der Waals surface area contributed by atoms with Gasteiger partial charge in [0, 0.05) is 6.04 Å². The Morgan fingerprint density at radius 3 is 2.18 bits per heavy atom. The van der Waals surface area contributed by atoms with Gasteiger partial charge in [0.25, 0.3) is 0 Å². The summed E-state index contributed by atoms with van der Waals surface area (Å²) < 4.78 is 0. The van der Waals surface area contributed by atoms with E-state index in [9.17, 15) is 0 Å². The lowest BCUT2D eigenvalue weighted by molar-refractivity contribution is 0.377. The highest BCUT2D eigenvalue weighted by molar-refractivity contribution is 4.97. The SMILES string of the molecule is C#CC(C)NC(CC)C(C)C. The monoisotopic (exact) mass is 153 g/mol. The molecule has 64 valence electrons. The summed E-state index contributed by atoms with van der Waals surface area (Å²) in [6, 6.07) is 0.753. The molecular weight excluding hydrogens is 134 g/mol. The number of hydrogen-bond donors (Lipinski definition) is 1. The van der Waals surface area contributed by atoms with Gasteiger partial charge in [-0.3, -0.25) is 0 Å². The molecule has 0 saturated heterocycles. The molecule has 0 spiro atoms. The van der Waals surface area contributed by atoms with Crippen molar-refractivity contribution in [3.05, 3.63) is 0 Å². The average molecular weight is 153 g/mol. The Bertz CT molecular complexity index is 132. The Morgan fingerprint density at radius 2 is 1.91 bits per heavy atom. The number of terminal acetylenes is 1. The highest BCUT2D eigenvalue weighted by Crippen LogP contribution is 2.05. The molecular formula is C10H19N. The molecule has 1 heteroatoms. The van der Waals surface area contributed by atoms with Crippen LogP contribution >= 0.6 is 0 Å². The molecule has 0 rings (SSSR count). The topological polar surface area (TPSA) is 12.0 Å². The third-order valence-corrected chi connectivity index (χ3v) is 1.96. The first-order valence-corrected chi connectivity index (χ1v) is 4.34. The molecule has 11 heavy (non-hydrogen) atoms. The van der Waals surface area contributed by atoms with E-state index >= 15 is 0 Å². The molecule has 0 radical (unpaired) electrons. The maximum atomic E-state index is 5.26. The Morgan fingerprint density at radius 1 is 1.36 bits per heavy atom. The van der Waals surface area contributed by atoms with E-state index < -0.39 is 0 Å². The fourth-order valence-electron chi connectivity index (χ4n) is 1.15. The van der Waals surface area contributed by atoms with E-state index in [4.69, 9.17) is 6.42 Å². The molecule has 0 aromatic rings. The van der Waals surface area contributed by atoms with Crippen LogP contribution in [0.3, 0.4) is 0 Å². The predicted molar refractivity (Wildman–Crippen MR) is 50.3 cm³/mol. The predicted octanol–water partition coefficient (Wildman–Crippen LogP) is 2.03. The minimum atomic E-state index is 0.197. The zero-order valence-electron chi connectivity index (χ0n) is 8.02. The van der Waals surface area contributed by atoms with Crippen molar-refractivity contribution < 1.29 is 0 Å². The average Bonchev–Trinajstić information content (AvgIpc) is 1.99. The third-order valence-electron chi connectivity index (χ3n) is 1.96. The molecule has 0 amide bonds. The van der Waals surface area contributed by atoms with Crippen molar-refractivity contribution in [2.75, 3.05) is 0 Å². The van der Waals surface area contributed by atoms with Crippen molar-refractivity contribution in [2.24, 2.45) is 5.92 Å². The van der Waals surface area contributed by atoms with Gasteiger partial charge in [-0.15, -0.1) is 6.42 Å². The molecule has 2 unspecified atom stereocenters. The highest BCUT2D eigenvalue weighted by Gasteiger charge is 2.11. The van der Waals surface area contributed by atoms with E-state index in [0.717, 1.165) is 6.42 Å². The summed E-state index contributed by atoms with van der Waals surface area (Å²) in [6.07, 6.45) is 6.41. The van der Waals surface area contributed by atoms with Crippen LogP contribution in [0.2, 0.25) is 0 Å². The van der Waals surface area contributed by atoms with Crippen LogP contribution in [0.15, 0.2) is 0 Å². The summed E-state index contributed by atoms with van der Waals surface area (Å²) >= 11 is 0. The molecule has 0 aliphatic heterocycles. The first-order chi connectivity index (χ1) is 5.11. The van der Waals surface area contributed by atoms with Gasteiger partial charge in [-0.1, -0.05) is 26.7 Å². The fourth-order valence-corrected chi connectivity index (χ4v) is 1.15. The van der Waals surface area contributed by atoms with Crippen LogP contribution in [0.25, 0.3) is 0 Å². The number of hydrogen-bond acceptors (Lipinski definition) is 1. The van der Waals surface area contributed by atoms with Crippen LogP contribution in [0, 0.1) is 18.3 Å². The van der Waals surface area contributed by atoms with Crippen molar-refractivity contribution in [3.63, 3.8) is 0 Å². The minimum absolute atomic E-state index is 0.197. The molecule has 0 bridgehead atoms. The van der Waals surface area contributed by atoms with Crippen molar-refractivity contribution in [1.82, 2.24) is 5.32 Å². The van der Waals surface area contributed by atoms with E-state index in [1.165, 1.54) is 0 Å². The van der Waals surface area contributed by atoms with Gasteiger partial charge in [0.15, 0.2) is 0 Å². The minimum Gasteiger partial charge on any atom is -0.301 e. The van der Waals surface area contributed by atoms with E-state index in [1.54, 1.807) is 0 Å². The lowest BCUT2D eigenvalue weighted by atomic mass is 10.0. The van der Waals surface area contributed by atoms with E-state index in [-0.39, 0.29) is 6.04 Å². The first kappa shape index (κ1) is 10.5. The van der Waals surface area contributed by atoms with Gasteiger partial charge in [-0.2, -0.15) is 0 Å². The van der Waals surface area contributed by atoms with Crippen LogP contribution in [-0.4, -0.2) is 12.1 Å². The largest absolute Gasteiger partial charge is 0.301 e. The number of nitrogens with one attached hydrogen (secondary N) is 1. The summed E-state index contributed by atoms with van der Waals surface area (Å²) in [6.45, 7) is 8.63. The maximum Gasteiger partial charge on any atom is 0.0660 e. The van der Waals surface area contributed by atoms with Gasteiger partial charge in [-0.25, -0.2) is 0 Å². The van der Waals surface area contributed by atoms with E-state index in [2.05, 4.69) is 32.0 Å². The quantitative estimate of drug-likeness (QED) is 0.609. The Kier molecular flexibility index (Phi) is 4.98. The van der Waals surface area contributed by atoms with E-state index in [0.29, 0.717) is 12.0 Å². The smallest absolute Gasteiger partial charge is 0.0660 e. The van der Waals surface area contributed by atoms with Crippen molar-refractivity contribution in [3.8, 4) is 12.3 Å². The zero-order chi connectivity index (χ0) is 8.85. The van der Waals surface area contributed by atoms with Crippen molar-refractivity contribution in [2.45, 2.75) is 46.2 Å². The zero-order valence-corrected chi connectivity index (χ0v) is 8.02. The van der Waals surface area contributed by atoms with Gasteiger partial charge >= 0.3 is 0 Å².